The van der Waals surface area contributed by atoms with Crippen LogP contribution in [-0.4, -0.2) is 28.6 Å². The van der Waals surface area contributed by atoms with Crippen LogP contribution in [0.3, 0.4) is 0 Å². The number of rotatable bonds is 3. The summed E-state index contributed by atoms with van der Waals surface area (Å²) < 4.78 is 0. The maximum absolute atomic E-state index is 11.9. The van der Waals surface area contributed by atoms with E-state index in [4.69, 9.17) is 5.11 Å². The molecule has 0 aliphatic rings. The van der Waals surface area contributed by atoms with Crippen molar-refractivity contribution in [2.75, 3.05) is 6.54 Å². The molecule has 0 radical (unpaired) electrons. The second-order valence-electron chi connectivity index (χ2n) is 3.94. The Kier molecular flexibility index (Phi) is 3.35. The zero-order valence-corrected chi connectivity index (χ0v) is 9.55. The molecule has 2 aromatic rings. The summed E-state index contributed by atoms with van der Waals surface area (Å²) in [4.78, 5) is 16.1. The van der Waals surface area contributed by atoms with Crippen molar-refractivity contribution in [2.24, 2.45) is 0 Å². The molecule has 0 spiro atoms. The topological polar surface area (TPSA) is 62.2 Å². The summed E-state index contributed by atoms with van der Waals surface area (Å²) in [6.45, 7) is 1.86. The lowest BCUT2D eigenvalue weighted by Crippen LogP contribution is -2.30. The number of nitrogens with one attached hydrogen (secondary N) is 1. The van der Waals surface area contributed by atoms with Gasteiger partial charge >= 0.3 is 0 Å². The largest absolute Gasteiger partial charge is 0.392 e. The summed E-state index contributed by atoms with van der Waals surface area (Å²) >= 11 is 0. The van der Waals surface area contributed by atoms with Crippen molar-refractivity contribution in [3.05, 3.63) is 42.1 Å². The predicted molar refractivity (Wildman–Crippen MR) is 65.8 cm³/mol. The number of carbonyl (C=O) groups excluding carboxylic acids is 1. The summed E-state index contributed by atoms with van der Waals surface area (Å²) in [5.74, 6) is -0.213. The molecular weight excluding hydrogens is 216 g/mol. The first-order valence-electron chi connectivity index (χ1n) is 5.48. The highest BCUT2D eigenvalue weighted by atomic mass is 16.3. The van der Waals surface area contributed by atoms with Crippen LogP contribution in [0.4, 0.5) is 0 Å². The molecule has 1 aromatic heterocycles. The molecule has 2 N–H and O–H groups in total. The van der Waals surface area contributed by atoms with Crippen LogP contribution in [0.25, 0.3) is 10.9 Å². The molecule has 4 nitrogen and oxygen atoms in total. The third kappa shape index (κ3) is 2.60. The molecule has 0 fully saturated rings. The van der Waals surface area contributed by atoms with Crippen molar-refractivity contribution in [3.63, 3.8) is 0 Å². The fraction of sp³-hybridized carbons (Fsp3) is 0.231. The molecule has 1 heterocycles. The van der Waals surface area contributed by atoms with Crippen molar-refractivity contribution in [1.29, 1.82) is 0 Å². The van der Waals surface area contributed by atoms with Gasteiger partial charge in [0.15, 0.2) is 0 Å². The Morgan fingerprint density at radius 1 is 1.41 bits per heavy atom. The average Bonchev–Trinajstić information content (AvgIpc) is 2.35. The van der Waals surface area contributed by atoms with E-state index in [0.717, 1.165) is 5.39 Å². The van der Waals surface area contributed by atoms with Crippen LogP contribution in [0.1, 0.15) is 17.3 Å². The predicted octanol–water partition coefficient (Wildman–Crippen LogP) is 1.35. The number of amides is 1. The van der Waals surface area contributed by atoms with Crippen LogP contribution in [0, 0.1) is 0 Å². The van der Waals surface area contributed by atoms with Gasteiger partial charge < -0.3 is 10.4 Å². The van der Waals surface area contributed by atoms with E-state index < -0.39 is 6.10 Å². The van der Waals surface area contributed by atoms with Crippen LogP contribution in [0.15, 0.2) is 36.5 Å². The molecule has 1 amide bonds. The standard InChI is InChI=1S/C13H14N2O2/c1-9(16)8-15-13(17)11-6-2-4-10-5-3-7-14-12(10)11/h2-7,9,16H,8H2,1H3,(H,15,17)/t9-/m0/s1. The summed E-state index contributed by atoms with van der Waals surface area (Å²) in [6.07, 6.45) is 1.11. The number of fused-ring (bicyclic) bond motifs is 1. The van der Waals surface area contributed by atoms with Crippen molar-refractivity contribution < 1.29 is 9.90 Å². The summed E-state index contributed by atoms with van der Waals surface area (Å²) in [7, 11) is 0. The number of aliphatic hydroxyl groups excluding tert-OH is 1. The van der Waals surface area contributed by atoms with Gasteiger partial charge in [0, 0.05) is 18.1 Å². The van der Waals surface area contributed by atoms with Gasteiger partial charge in [-0.3, -0.25) is 9.78 Å². The number of para-hydroxylation sites is 1. The molecule has 0 bridgehead atoms. The molecule has 17 heavy (non-hydrogen) atoms. The highest BCUT2D eigenvalue weighted by molar-refractivity contribution is 6.05. The number of hydrogen-bond acceptors (Lipinski definition) is 3. The van der Waals surface area contributed by atoms with E-state index in [1.165, 1.54) is 0 Å². The Bertz CT molecular complexity index is 532. The number of carbonyl (C=O) groups is 1. The van der Waals surface area contributed by atoms with Gasteiger partial charge in [-0.2, -0.15) is 0 Å². The molecular formula is C13H14N2O2. The minimum atomic E-state index is -0.554. The van der Waals surface area contributed by atoms with Crippen LogP contribution in [0.2, 0.25) is 0 Å². The van der Waals surface area contributed by atoms with Crippen LogP contribution < -0.4 is 5.32 Å². The highest BCUT2D eigenvalue weighted by Crippen LogP contribution is 2.15. The number of hydrogen-bond donors (Lipinski definition) is 2. The van der Waals surface area contributed by atoms with E-state index in [1.807, 2.05) is 24.3 Å². The van der Waals surface area contributed by atoms with E-state index in [9.17, 15) is 4.79 Å². The third-order valence-electron chi connectivity index (χ3n) is 2.44. The Labute approximate surface area is 99.3 Å². The van der Waals surface area contributed by atoms with Crippen molar-refractivity contribution in [2.45, 2.75) is 13.0 Å². The van der Waals surface area contributed by atoms with Crippen LogP contribution >= 0.6 is 0 Å². The molecule has 0 aliphatic heterocycles. The maximum Gasteiger partial charge on any atom is 0.253 e. The molecule has 88 valence electrons. The lowest BCUT2D eigenvalue weighted by molar-refractivity contribution is 0.0925. The third-order valence-corrected chi connectivity index (χ3v) is 2.44. The zero-order chi connectivity index (χ0) is 12.3. The fourth-order valence-corrected chi connectivity index (χ4v) is 1.62. The molecule has 0 unspecified atom stereocenters. The van der Waals surface area contributed by atoms with E-state index in [-0.39, 0.29) is 12.5 Å². The molecule has 0 saturated carbocycles. The Balaban J connectivity index is 2.32. The summed E-state index contributed by atoms with van der Waals surface area (Å²) in [6, 6.07) is 9.20. The molecule has 1 aromatic carbocycles. The van der Waals surface area contributed by atoms with Gasteiger partial charge in [0.1, 0.15) is 0 Å². The first-order chi connectivity index (χ1) is 8.18. The zero-order valence-electron chi connectivity index (χ0n) is 9.55. The maximum atomic E-state index is 11.9. The number of pyridine rings is 1. The van der Waals surface area contributed by atoms with Gasteiger partial charge in [0.2, 0.25) is 0 Å². The first kappa shape index (κ1) is 11.5. The second-order valence-corrected chi connectivity index (χ2v) is 3.94. The monoisotopic (exact) mass is 230 g/mol. The average molecular weight is 230 g/mol. The fourth-order valence-electron chi connectivity index (χ4n) is 1.62. The smallest absolute Gasteiger partial charge is 0.253 e. The molecule has 4 heteroatoms. The van der Waals surface area contributed by atoms with Crippen LogP contribution in [-0.2, 0) is 0 Å². The first-order valence-corrected chi connectivity index (χ1v) is 5.48. The van der Waals surface area contributed by atoms with Crippen molar-refractivity contribution in [3.8, 4) is 0 Å². The number of aromatic nitrogens is 1. The molecule has 0 aliphatic carbocycles. The number of nitrogens with zero attached hydrogens (tertiary/aromatic N) is 1. The van der Waals surface area contributed by atoms with Gasteiger partial charge in [-0.25, -0.2) is 0 Å². The van der Waals surface area contributed by atoms with Gasteiger partial charge in [-0.15, -0.1) is 0 Å². The number of aliphatic hydroxyl groups is 1. The minimum absolute atomic E-state index is 0.213. The van der Waals surface area contributed by atoms with E-state index >= 15 is 0 Å². The highest BCUT2D eigenvalue weighted by Gasteiger charge is 2.10. The summed E-state index contributed by atoms with van der Waals surface area (Å²) in [5.41, 5.74) is 1.21. The van der Waals surface area contributed by atoms with E-state index in [0.29, 0.717) is 11.1 Å². The Morgan fingerprint density at radius 3 is 2.94 bits per heavy atom. The normalized spacial score (nSPS) is 12.4. The summed E-state index contributed by atoms with van der Waals surface area (Å²) in [5, 5.41) is 12.7. The van der Waals surface area contributed by atoms with E-state index in [1.54, 1.807) is 19.2 Å². The lowest BCUT2D eigenvalue weighted by atomic mass is 10.1. The Morgan fingerprint density at radius 2 is 2.18 bits per heavy atom. The van der Waals surface area contributed by atoms with Crippen LogP contribution in [0.5, 0.6) is 0 Å². The second kappa shape index (κ2) is 4.93. The van der Waals surface area contributed by atoms with Gasteiger partial charge in [-0.1, -0.05) is 18.2 Å². The van der Waals surface area contributed by atoms with Gasteiger partial charge in [0.05, 0.1) is 17.2 Å². The lowest BCUT2D eigenvalue weighted by Gasteiger charge is -2.08. The SMILES string of the molecule is C[C@H](O)CNC(=O)c1cccc2cccnc12. The number of benzene rings is 1. The quantitative estimate of drug-likeness (QED) is 0.836. The van der Waals surface area contributed by atoms with E-state index in [2.05, 4.69) is 10.3 Å². The molecule has 1 atom stereocenters. The minimum Gasteiger partial charge on any atom is -0.392 e. The Hall–Kier alpha value is -1.94. The van der Waals surface area contributed by atoms with Crippen molar-refractivity contribution >= 4 is 16.8 Å². The van der Waals surface area contributed by atoms with Gasteiger partial charge in [-0.05, 0) is 19.1 Å². The van der Waals surface area contributed by atoms with Crippen molar-refractivity contribution in [1.82, 2.24) is 10.3 Å². The van der Waals surface area contributed by atoms with Gasteiger partial charge in [0.25, 0.3) is 5.91 Å². The molecule has 0 saturated heterocycles. The molecule has 2 rings (SSSR count).